The Balaban J connectivity index is 1.13. The van der Waals surface area contributed by atoms with E-state index in [1.54, 1.807) is 0 Å². The Kier molecular flexibility index (Phi) is 6.98. The quantitative estimate of drug-likeness (QED) is 0.176. The van der Waals surface area contributed by atoms with Gasteiger partial charge in [0.25, 0.3) is 0 Å². The molecule has 2 aromatic heterocycles. The second-order valence-corrected chi connectivity index (χ2v) is 16.1. The first-order valence-electron chi connectivity index (χ1n) is 20.0. The predicted molar refractivity (Wildman–Crippen MR) is 242 cm³/mol. The molecule has 0 aliphatic heterocycles. The predicted octanol–water partition coefficient (Wildman–Crippen LogP) is 15.7. The smallest absolute Gasteiger partial charge is 0.136 e. The maximum Gasteiger partial charge on any atom is 0.136 e. The van der Waals surface area contributed by atoms with Gasteiger partial charge in [-0.15, -0.1) is 0 Å². The van der Waals surface area contributed by atoms with Crippen molar-refractivity contribution in [3.63, 3.8) is 0 Å². The summed E-state index contributed by atoms with van der Waals surface area (Å²) in [6.07, 6.45) is 0. The van der Waals surface area contributed by atoms with Crippen molar-refractivity contribution in [2.45, 2.75) is 19.3 Å². The molecule has 9 aromatic carbocycles. The standard InChI is InChI=1S/C55H37NO2/c1-55(2)45-18-9-6-16-40(45)54-46(55)19-12-20-48(54)56(38-27-30-51-44(33-38)39-15-7-10-21-49(39)57-51)47-28-25-37(31-42(47)34-13-4-3-5-14-34)36-24-23-35-26-29-52-53(43(35)32-36)41-17-8-11-22-50(41)58-52/h3-33H,1-2H3. The molecule has 0 unspecified atom stereocenters. The number of anilines is 3. The fourth-order valence-electron chi connectivity index (χ4n) is 9.66. The van der Waals surface area contributed by atoms with E-state index in [9.17, 15) is 0 Å². The van der Waals surface area contributed by atoms with Crippen molar-refractivity contribution in [2.75, 3.05) is 4.90 Å². The third kappa shape index (κ3) is 4.80. The van der Waals surface area contributed by atoms with Crippen LogP contribution in [0.3, 0.4) is 0 Å². The number of furan rings is 2. The third-order valence-electron chi connectivity index (χ3n) is 12.5. The molecular formula is C55H37NO2. The van der Waals surface area contributed by atoms with Crippen LogP contribution in [0.1, 0.15) is 25.0 Å². The van der Waals surface area contributed by atoms with Gasteiger partial charge in [-0.1, -0.05) is 141 Å². The molecule has 0 fully saturated rings. The lowest BCUT2D eigenvalue weighted by Crippen LogP contribution is -2.16. The average molecular weight is 744 g/mol. The molecule has 58 heavy (non-hydrogen) atoms. The molecule has 274 valence electrons. The van der Waals surface area contributed by atoms with Crippen molar-refractivity contribution in [1.29, 1.82) is 0 Å². The summed E-state index contributed by atoms with van der Waals surface area (Å²) in [5.41, 5.74) is 16.6. The van der Waals surface area contributed by atoms with Crippen LogP contribution in [0.4, 0.5) is 17.1 Å². The lowest BCUT2D eigenvalue weighted by molar-refractivity contribution is 0.660. The highest BCUT2D eigenvalue weighted by atomic mass is 16.3. The molecule has 0 saturated heterocycles. The van der Waals surface area contributed by atoms with Crippen LogP contribution in [0.2, 0.25) is 0 Å². The molecule has 3 heteroatoms. The molecule has 0 saturated carbocycles. The zero-order valence-corrected chi connectivity index (χ0v) is 32.2. The van der Waals surface area contributed by atoms with E-state index >= 15 is 0 Å². The molecule has 0 spiro atoms. The molecule has 0 radical (unpaired) electrons. The van der Waals surface area contributed by atoms with Gasteiger partial charge in [0.2, 0.25) is 0 Å². The van der Waals surface area contributed by atoms with Crippen LogP contribution in [-0.2, 0) is 5.41 Å². The number of benzene rings is 9. The zero-order chi connectivity index (χ0) is 38.5. The van der Waals surface area contributed by atoms with Crippen molar-refractivity contribution in [2.24, 2.45) is 0 Å². The van der Waals surface area contributed by atoms with Crippen LogP contribution in [0.5, 0.6) is 0 Å². The van der Waals surface area contributed by atoms with E-state index in [1.807, 2.05) is 12.1 Å². The van der Waals surface area contributed by atoms with Gasteiger partial charge in [-0.05, 0) is 105 Å². The van der Waals surface area contributed by atoms with Crippen molar-refractivity contribution < 1.29 is 8.83 Å². The highest BCUT2D eigenvalue weighted by Gasteiger charge is 2.38. The minimum Gasteiger partial charge on any atom is -0.456 e. The molecule has 1 aliphatic carbocycles. The normalized spacial score (nSPS) is 13.1. The lowest BCUT2D eigenvalue weighted by Gasteiger charge is -2.31. The Hall–Kier alpha value is -7.36. The zero-order valence-electron chi connectivity index (χ0n) is 32.2. The van der Waals surface area contributed by atoms with Gasteiger partial charge in [-0.3, -0.25) is 0 Å². The number of rotatable bonds is 5. The summed E-state index contributed by atoms with van der Waals surface area (Å²) < 4.78 is 12.7. The molecular weight excluding hydrogens is 707 g/mol. The van der Waals surface area contributed by atoms with Crippen molar-refractivity contribution in [3.05, 3.63) is 199 Å². The highest BCUT2D eigenvalue weighted by molar-refractivity contribution is 6.19. The molecule has 12 rings (SSSR count). The molecule has 0 atom stereocenters. The minimum atomic E-state index is -0.147. The summed E-state index contributed by atoms with van der Waals surface area (Å²) in [6.45, 7) is 4.70. The fourth-order valence-corrected chi connectivity index (χ4v) is 9.66. The van der Waals surface area contributed by atoms with E-state index in [4.69, 9.17) is 8.83 Å². The van der Waals surface area contributed by atoms with Crippen LogP contribution in [-0.4, -0.2) is 0 Å². The summed E-state index contributed by atoms with van der Waals surface area (Å²) >= 11 is 0. The summed E-state index contributed by atoms with van der Waals surface area (Å²) in [5.74, 6) is 0. The topological polar surface area (TPSA) is 29.5 Å². The third-order valence-corrected chi connectivity index (χ3v) is 12.5. The largest absolute Gasteiger partial charge is 0.456 e. The van der Waals surface area contributed by atoms with Crippen LogP contribution < -0.4 is 4.90 Å². The van der Waals surface area contributed by atoms with E-state index < -0.39 is 0 Å². The molecule has 2 heterocycles. The van der Waals surface area contributed by atoms with E-state index in [1.165, 1.54) is 33.0 Å². The van der Waals surface area contributed by atoms with Crippen LogP contribution in [0, 0.1) is 0 Å². The number of nitrogens with zero attached hydrogens (tertiary/aromatic N) is 1. The van der Waals surface area contributed by atoms with Gasteiger partial charge in [0.05, 0.1) is 11.4 Å². The van der Waals surface area contributed by atoms with Gasteiger partial charge >= 0.3 is 0 Å². The average Bonchev–Trinajstić information content (AvgIpc) is 3.92. The van der Waals surface area contributed by atoms with Gasteiger partial charge in [0, 0.05) is 43.8 Å². The SMILES string of the molecule is CC1(C)c2ccccc2-c2c(N(c3ccc4oc5ccccc5c4c3)c3ccc(-c4ccc5ccc6oc7ccccc7c6c5c4)cc3-c3ccccc3)cccc21. The summed E-state index contributed by atoms with van der Waals surface area (Å²) in [4.78, 5) is 2.48. The van der Waals surface area contributed by atoms with E-state index in [-0.39, 0.29) is 5.41 Å². The van der Waals surface area contributed by atoms with E-state index in [2.05, 4.69) is 195 Å². The number of fused-ring (bicyclic) bond motifs is 11. The van der Waals surface area contributed by atoms with Crippen molar-refractivity contribution >= 4 is 71.7 Å². The van der Waals surface area contributed by atoms with Gasteiger partial charge in [0.1, 0.15) is 22.3 Å². The second kappa shape index (κ2) is 12.3. The molecule has 0 amide bonds. The summed E-state index contributed by atoms with van der Waals surface area (Å²) in [7, 11) is 0. The van der Waals surface area contributed by atoms with Crippen LogP contribution >= 0.6 is 0 Å². The molecule has 3 nitrogen and oxygen atoms in total. The van der Waals surface area contributed by atoms with E-state index in [0.717, 1.165) is 83.2 Å². The Bertz CT molecular complexity index is 3440. The highest BCUT2D eigenvalue weighted by Crippen LogP contribution is 2.55. The second-order valence-electron chi connectivity index (χ2n) is 16.1. The first-order valence-corrected chi connectivity index (χ1v) is 20.0. The first-order chi connectivity index (χ1) is 28.5. The number of hydrogen-bond acceptors (Lipinski definition) is 3. The van der Waals surface area contributed by atoms with E-state index in [0.29, 0.717) is 0 Å². The summed E-state index contributed by atoms with van der Waals surface area (Å²) in [6, 6.07) is 67.9. The molecule has 1 aliphatic rings. The van der Waals surface area contributed by atoms with Gasteiger partial charge in [-0.2, -0.15) is 0 Å². The number of hydrogen-bond donors (Lipinski definition) is 0. The molecule has 0 N–H and O–H groups in total. The van der Waals surface area contributed by atoms with Crippen molar-refractivity contribution in [3.8, 4) is 33.4 Å². The fraction of sp³-hybridized carbons (Fsp3) is 0.0545. The Morgan fingerprint density at radius 3 is 1.93 bits per heavy atom. The Labute approximate surface area is 336 Å². The van der Waals surface area contributed by atoms with Crippen molar-refractivity contribution in [1.82, 2.24) is 0 Å². The monoisotopic (exact) mass is 743 g/mol. The maximum absolute atomic E-state index is 6.36. The van der Waals surface area contributed by atoms with Gasteiger partial charge in [-0.25, -0.2) is 0 Å². The minimum absolute atomic E-state index is 0.147. The molecule has 11 aromatic rings. The van der Waals surface area contributed by atoms with Crippen LogP contribution in [0.15, 0.2) is 197 Å². The van der Waals surface area contributed by atoms with Gasteiger partial charge in [0.15, 0.2) is 0 Å². The van der Waals surface area contributed by atoms with Gasteiger partial charge < -0.3 is 13.7 Å². The number of para-hydroxylation sites is 2. The lowest BCUT2D eigenvalue weighted by atomic mass is 9.82. The Morgan fingerprint density at radius 2 is 1.05 bits per heavy atom. The Morgan fingerprint density at radius 1 is 0.397 bits per heavy atom. The summed E-state index contributed by atoms with van der Waals surface area (Å²) in [5, 5.41) is 6.88. The first kappa shape index (κ1) is 32.8. The van der Waals surface area contributed by atoms with Crippen LogP contribution in [0.25, 0.3) is 88.0 Å². The molecule has 0 bridgehead atoms. The maximum atomic E-state index is 6.36.